The van der Waals surface area contributed by atoms with Gasteiger partial charge in [-0.2, -0.15) is 20.2 Å². The average molecular weight is 823 g/mol. The molecule has 0 unspecified atom stereocenters. The largest absolute Gasteiger partial charge is 0.491 e. The van der Waals surface area contributed by atoms with Crippen LogP contribution in [-0.2, 0) is 39.3 Å². The summed E-state index contributed by atoms with van der Waals surface area (Å²) in [5.41, 5.74) is 17.8. The highest BCUT2D eigenvalue weighted by molar-refractivity contribution is 5.99. The van der Waals surface area contributed by atoms with Crippen LogP contribution in [0, 0.1) is 13.8 Å². The Kier molecular flexibility index (Phi) is 13.3. The zero-order valence-electron chi connectivity index (χ0n) is 35.1. The maximum absolute atomic E-state index is 13.9. The SMILES string of the molecule is CCn1nc(C)cc1C(=O)/N=c1\n(CC)c2cc(C(N)=O)ccc2n1CCCCCn1/c(=N/C(=O)c2cc(C)nn2CC)n(CC)c2cc(C(N)=O)cc(OCCCO)c21. The first-order valence-corrected chi connectivity index (χ1v) is 20.5. The van der Waals surface area contributed by atoms with Crippen molar-refractivity contribution in [1.29, 1.82) is 0 Å². The molecule has 0 aliphatic carbocycles. The number of primary amides is 2. The van der Waals surface area contributed by atoms with Crippen LogP contribution in [0.1, 0.15) is 106 Å². The molecule has 0 aliphatic heterocycles. The predicted octanol–water partition coefficient (Wildman–Crippen LogP) is 3.60. The van der Waals surface area contributed by atoms with E-state index in [1.807, 2.05) is 65.9 Å². The summed E-state index contributed by atoms with van der Waals surface area (Å²) in [7, 11) is 0. The van der Waals surface area contributed by atoms with Crippen molar-refractivity contribution in [2.75, 3.05) is 13.2 Å². The van der Waals surface area contributed by atoms with Crippen LogP contribution in [0.3, 0.4) is 0 Å². The van der Waals surface area contributed by atoms with Gasteiger partial charge in [0.25, 0.3) is 11.8 Å². The first-order chi connectivity index (χ1) is 28.8. The number of benzene rings is 2. The number of hydrogen-bond donors (Lipinski definition) is 3. The Morgan fingerprint density at radius 3 is 1.70 bits per heavy atom. The minimum absolute atomic E-state index is 0.0816. The number of aliphatic hydroxyl groups is 1. The van der Waals surface area contributed by atoms with E-state index in [0.717, 1.165) is 11.0 Å². The van der Waals surface area contributed by atoms with E-state index in [9.17, 15) is 24.3 Å². The van der Waals surface area contributed by atoms with Gasteiger partial charge in [-0.1, -0.05) is 0 Å². The molecule has 5 N–H and O–H groups in total. The number of carbonyl (C=O) groups is 4. The number of nitrogens with two attached hydrogens (primary N) is 2. The zero-order valence-corrected chi connectivity index (χ0v) is 35.1. The molecule has 60 heavy (non-hydrogen) atoms. The molecule has 4 aromatic heterocycles. The molecule has 0 spiro atoms. The van der Waals surface area contributed by atoms with Gasteiger partial charge in [0.15, 0.2) is 0 Å². The molecule has 0 saturated carbocycles. The Bertz CT molecular complexity index is 2740. The van der Waals surface area contributed by atoms with Gasteiger partial charge >= 0.3 is 0 Å². The standard InChI is InChI=1S/C42H54N12O6/c1-7-49-31-23-28(37(43)56)15-16-30(31)51(41(49)45-39(58)33-21-26(5)47-53(33)9-3)17-12-11-13-18-52-36-32(24-29(38(44)57)25-35(36)60-20-14-19-55)50(8-2)42(52)46-40(59)34-22-27(6)48-54(34)10-4/h15-16,21-25,55H,7-14,17-20H2,1-6H3,(H2,43,56)(H2,44,57)/b45-41+,46-42+. The van der Waals surface area contributed by atoms with E-state index >= 15 is 0 Å². The van der Waals surface area contributed by atoms with Crippen LogP contribution < -0.4 is 27.4 Å². The quantitative estimate of drug-likeness (QED) is 0.108. The van der Waals surface area contributed by atoms with Crippen LogP contribution in [0.5, 0.6) is 5.75 Å². The molecule has 0 aliphatic rings. The Labute approximate surface area is 346 Å². The summed E-state index contributed by atoms with van der Waals surface area (Å²) in [4.78, 5) is 61.7. The molecule has 18 nitrogen and oxygen atoms in total. The average Bonchev–Trinajstić information content (AvgIpc) is 3.97. The first-order valence-electron chi connectivity index (χ1n) is 20.5. The van der Waals surface area contributed by atoms with Gasteiger partial charge in [-0.3, -0.25) is 28.5 Å². The van der Waals surface area contributed by atoms with Crippen molar-refractivity contribution < 1.29 is 29.0 Å². The lowest BCUT2D eigenvalue weighted by Crippen LogP contribution is -2.28. The molecule has 6 rings (SSSR count). The van der Waals surface area contributed by atoms with Crippen molar-refractivity contribution in [3.63, 3.8) is 0 Å². The van der Waals surface area contributed by atoms with E-state index in [1.165, 1.54) is 0 Å². The van der Waals surface area contributed by atoms with Crippen molar-refractivity contribution in [2.24, 2.45) is 21.5 Å². The third-order valence-corrected chi connectivity index (χ3v) is 10.4. The lowest BCUT2D eigenvalue weighted by atomic mass is 10.1. The molecule has 0 atom stereocenters. The molecule has 0 radical (unpaired) electrons. The number of aryl methyl sites for hydroxylation is 8. The Morgan fingerprint density at radius 1 is 0.633 bits per heavy atom. The number of amides is 4. The molecule has 318 valence electrons. The lowest BCUT2D eigenvalue weighted by molar-refractivity contribution is 0.0977. The number of aromatic nitrogens is 8. The summed E-state index contributed by atoms with van der Waals surface area (Å²) in [6.07, 6.45) is 2.39. The number of nitrogens with zero attached hydrogens (tertiary/aromatic N) is 10. The zero-order chi connectivity index (χ0) is 43.2. The fraction of sp³-hybridized carbons (Fsp3) is 0.429. The van der Waals surface area contributed by atoms with Gasteiger partial charge in [-0.05, 0) is 103 Å². The fourth-order valence-electron chi connectivity index (χ4n) is 7.63. The van der Waals surface area contributed by atoms with Crippen LogP contribution in [0.4, 0.5) is 0 Å². The highest BCUT2D eigenvalue weighted by Crippen LogP contribution is 2.29. The first kappa shape index (κ1) is 43.0. The Morgan fingerprint density at radius 2 is 1.17 bits per heavy atom. The van der Waals surface area contributed by atoms with Gasteiger partial charge in [-0.25, -0.2) is 0 Å². The van der Waals surface area contributed by atoms with Crippen LogP contribution in [0.2, 0.25) is 0 Å². The molecular weight excluding hydrogens is 769 g/mol. The number of unbranched alkanes of at least 4 members (excludes halogenated alkanes) is 2. The second-order valence-electron chi connectivity index (χ2n) is 14.5. The lowest BCUT2D eigenvalue weighted by Gasteiger charge is -2.12. The highest BCUT2D eigenvalue weighted by Gasteiger charge is 2.22. The minimum Gasteiger partial charge on any atom is -0.491 e. The van der Waals surface area contributed by atoms with Crippen molar-refractivity contribution >= 4 is 45.7 Å². The fourth-order valence-corrected chi connectivity index (χ4v) is 7.63. The maximum atomic E-state index is 13.9. The summed E-state index contributed by atoms with van der Waals surface area (Å²) >= 11 is 0. The van der Waals surface area contributed by atoms with Crippen LogP contribution in [0.25, 0.3) is 22.1 Å². The minimum atomic E-state index is -0.636. The molecule has 2 aromatic carbocycles. The van der Waals surface area contributed by atoms with Gasteiger partial charge in [0.1, 0.15) is 22.7 Å². The Hall–Kier alpha value is -6.56. The van der Waals surface area contributed by atoms with Gasteiger partial charge < -0.3 is 39.6 Å². The van der Waals surface area contributed by atoms with Crippen molar-refractivity contribution in [3.05, 3.63) is 87.6 Å². The normalized spacial score (nSPS) is 12.3. The van der Waals surface area contributed by atoms with Crippen LogP contribution in [0.15, 0.2) is 52.4 Å². The van der Waals surface area contributed by atoms with Crippen molar-refractivity contribution in [2.45, 2.75) is 106 Å². The predicted molar refractivity (Wildman–Crippen MR) is 224 cm³/mol. The highest BCUT2D eigenvalue weighted by atomic mass is 16.5. The second kappa shape index (κ2) is 18.6. The van der Waals surface area contributed by atoms with E-state index in [-0.39, 0.29) is 18.8 Å². The number of aliphatic hydroxyl groups excluding tert-OH is 1. The van der Waals surface area contributed by atoms with Crippen LogP contribution >= 0.6 is 0 Å². The third-order valence-electron chi connectivity index (χ3n) is 10.4. The molecule has 0 bridgehead atoms. The number of rotatable bonds is 18. The van der Waals surface area contributed by atoms with Gasteiger partial charge in [0.2, 0.25) is 23.1 Å². The number of ether oxygens (including phenoxy) is 1. The number of imidazole rings is 2. The second-order valence-corrected chi connectivity index (χ2v) is 14.5. The molecule has 18 heteroatoms. The van der Waals surface area contributed by atoms with Gasteiger partial charge in [-0.15, -0.1) is 0 Å². The molecule has 6 aromatic rings. The molecule has 0 fully saturated rings. The van der Waals surface area contributed by atoms with E-state index in [1.54, 1.807) is 45.8 Å². The summed E-state index contributed by atoms with van der Waals surface area (Å²) in [6, 6.07) is 11.9. The molecule has 0 saturated heterocycles. The monoisotopic (exact) mass is 822 g/mol. The number of carbonyl (C=O) groups excluding carboxylic acids is 4. The van der Waals surface area contributed by atoms with Gasteiger partial charge in [0, 0.05) is 63.4 Å². The van der Waals surface area contributed by atoms with Crippen molar-refractivity contribution in [1.82, 2.24) is 37.8 Å². The van der Waals surface area contributed by atoms with E-state index in [2.05, 4.69) is 20.2 Å². The third kappa shape index (κ3) is 8.59. The van der Waals surface area contributed by atoms with Gasteiger partial charge in [0.05, 0.1) is 34.5 Å². The topological polar surface area (TPSA) is 230 Å². The maximum Gasteiger partial charge on any atom is 0.298 e. The Balaban J connectivity index is 1.39. The summed E-state index contributed by atoms with van der Waals surface area (Å²) in [6.45, 7) is 14.3. The smallest absolute Gasteiger partial charge is 0.298 e. The molecular formula is C42H54N12O6. The summed E-state index contributed by atoms with van der Waals surface area (Å²) in [5.74, 6) is -1.70. The van der Waals surface area contributed by atoms with E-state index < -0.39 is 23.6 Å². The molecule has 4 amide bonds. The molecule has 4 heterocycles. The number of hydrogen-bond acceptors (Lipinski definition) is 8. The summed E-state index contributed by atoms with van der Waals surface area (Å²) < 4.78 is 17.1. The van der Waals surface area contributed by atoms with E-state index in [0.29, 0.717) is 121 Å². The van der Waals surface area contributed by atoms with Crippen molar-refractivity contribution in [3.8, 4) is 5.75 Å². The van der Waals surface area contributed by atoms with Crippen LogP contribution in [-0.4, -0.2) is 79.8 Å². The number of fused-ring (bicyclic) bond motifs is 2. The van der Waals surface area contributed by atoms with E-state index in [4.69, 9.17) is 16.2 Å². The summed E-state index contributed by atoms with van der Waals surface area (Å²) in [5, 5.41) is 18.4.